The molecule has 0 saturated carbocycles. The predicted octanol–water partition coefficient (Wildman–Crippen LogP) is 8.42. The van der Waals surface area contributed by atoms with Crippen molar-refractivity contribution in [2.24, 2.45) is 0 Å². The zero-order chi connectivity index (χ0) is 20.3. The lowest BCUT2D eigenvalue weighted by molar-refractivity contribution is -0.138. The van der Waals surface area contributed by atoms with Gasteiger partial charge in [0, 0.05) is 26.3 Å². The van der Waals surface area contributed by atoms with Gasteiger partial charge in [-0.1, -0.05) is 11.6 Å². The van der Waals surface area contributed by atoms with Gasteiger partial charge in [-0.25, -0.2) is 0 Å². The highest BCUT2D eigenvalue weighted by Gasteiger charge is 2.35. The van der Waals surface area contributed by atoms with Gasteiger partial charge in [0.1, 0.15) is 0 Å². The van der Waals surface area contributed by atoms with E-state index >= 15 is 0 Å². The van der Waals surface area contributed by atoms with Gasteiger partial charge in [0.15, 0.2) is 14.3 Å². The van der Waals surface area contributed by atoms with Crippen molar-refractivity contribution in [3.05, 3.63) is 76.8 Å². The van der Waals surface area contributed by atoms with Crippen LogP contribution in [0.1, 0.15) is 11.1 Å². The van der Waals surface area contributed by atoms with Crippen LogP contribution in [0.2, 0.25) is 5.02 Å². The molecule has 0 aliphatic heterocycles. The summed E-state index contributed by atoms with van der Waals surface area (Å²) in [5, 5.41) is 0.843. The average molecular weight is 432 g/mol. The van der Waals surface area contributed by atoms with E-state index in [9.17, 15) is 26.3 Å². The van der Waals surface area contributed by atoms with Gasteiger partial charge >= 0.3 is 12.4 Å². The number of benzene rings is 3. The Morgan fingerprint density at radius 1 is 0.607 bits per heavy atom. The number of alkyl halides is 6. The van der Waals surface area contributed by atoms with Crippen LogP contribution in [-0.2, 0) is 12.4 Å². The van der Waals surface area contributed by atoms with Crippen molar-refractivity contribution in [3.8, 4) is 4.90 Å². The van der Waals surface area contributed by atoms with Gasteiger partial charge in [0.2, 0.25) is 0 Å². The van der Waals surface area contributed by atoms with Crippen molar-refractivity contribution < 1.29 is 26.3 Å². The molecule has 0 amide bonds. The van der Waals surface area contributed by atoms with Crippen molar-refractivity contribution in [2.45, 2.75) is 12.4 Å². The van der Waals surface area contributed by atoms with Crippen molar-refractivity contribution >= 4 is 42.2 Å². The molecule has 1 heterocycles. The molecular formula is C20H10ClF6S+. The molecule has 0 bridgehead atoms. The second kappa shape index (κ2) is 6.39. The lowest BCUT2D eigenvalue weighted by Crippen LogP contribution is -2.04. The molecule has 0 fully saturated rings. The minimum Gasteiger partial charge on any atom is -0.166 e. The summed E-state index contributed by atoms with van der Waals surface area (Å²) in [7, 11) is -0.812. The third-order valence-corrected chi connectivity index (χ3v) is 6.98. The molecule has 0 spiro atoms. The maximum Gasteiger partial charge on any atom is 0.416 e. The van der Waals surface area contributed by atoms with Crippen LogP contribution < -0.4 is 0 Å². The summed E-state index contributed by atoms with van der Waals surface area (Å²) in [6.07, 6.45) is -9.17. The Morgan fingerprint density at radius 3 is 1.43 bits per heavy atom. The number of thiophene rings is 1. The van der Waals surface area contributed by atoms with E-state index in [1.54, 1.807) is 24.3 Å². The molecular weight excluding hydrogens is 422 g/mol. The SMILES string of the molecule is FC(F)(F)c1ccc2c(c1)c1cc(C(F)(F)F)ccc1[s+]2-c1ccc(Cl)cc1. The maximum atomic E-state index is 13.2. The number of fused-ring (bicyclic) bond motifs is 3. The van der Waals surface area contributed by atoms with E-state index in [2.05, 4.69) is 0 Å². The Hall–Kier alpha value is -2.25. The molecule has 8 heteroatoms. The molecule has 0 aliphatic rings. The molecule has 144 valence electrons. The molecule has 0 unspecified atom stereocenters. The highest BCUT2D eigenvalue weighted by atomic mass is 35.5. The quantitative estimate of drug-likeness (QED) is 0.209. The Morgan fingerprint density at radius 2 is 1.04 bits per heavy atom. The van der Waals surface area contributed by atoms with Gasteiger partial charge in [-0.3, -0.25) is 0 Å². The van der Waals surface area contributed by atoms with Gasteiger partial charge in [0.05, 0.1) is 11.1 Å². The molecule has 3 aromatic carbocycles. The van der Waals surface area contributed by atoms with Crippen molar-refractivity contribution in [1.82, 2.24) is 0 Å². The van der Waals surface area contributed by atoms with Gasteiger partial charge in [-0.2, -0.15) is 26.3 Å². The first-order valence-corrected chi connectivity index (χ1v) is 9.59. The molecule has 4 aromatic rings. The minimum atomic E-state index is -4.59. The summed E-state index contributed by atoms with van der Waals surface area (Å²) in [5.41, 5.74) is -1.78. The van der Waals surface area contributed by atoms with Crippen molar-refractivity contribution in [2.75, 3.05) is 0 Å². The summed E-state index contributed by atoms with van der Waals surface area (Å²) in [6, 6.07) is 13.3. The first kappa shape index (κ1) is 19.1. The minimum absolute atomic E-state index is 0.175. The van der Waals surface area contributed by atoms with Crippen LogP contribution >= 0.6 is 22.1 Å². The number of hydrogen-bond donors (Lipinski definition) is 0. The van der Waals surface area contributed by atoms with E-state index in [4.69, 9.17) is 11.6 Å². The van der Waals surface area contributed by atoms with Crippen molar-refractivity contribution in [3.63, 3.8) is 0 Å². The molecule has 0 atom stereocenters. The van der Waals surface area contributed by atoms with Gasteiger partial charge in [-0.05, 0) is 60.7 Å². The van der Waals surface area contributed by atoms with Gasteiger partial charge in [0.25, 0.3) is 0 Å². The summed E-state index contributed by atoms with van der Waals surface area (Å²) in [4.78, 5) is 0.768. The average Bonchev–Trinajstić information content (AvgIpc) is 2.94. The highest BCUT2D eigenvalue weighted by molar-refractivity contribution is 7.50. The standard InChI is InChI=1S/C20H10ClF6S/c21-13-3-5-14(6-4-13)28-17-7-1-11(19(22,23)24)9-15(17)16-10-12(20(25,26)27)2-8-18(16)28/h1-10H/q+1. The lowest BCUT2D eigenvalue weighted by atomic mass is 10.1. The van der Waals surface area contributed by atoms with Gasteiger partial charge < -0.3 is 0 Å². The third-order valence-electron chi connectivity index (χ3n) is 4.39. The second-order valence-corrected chi connectivity index (χ2v) is 8.58. The molecule has 1 aromatic heterocycles. The fraction of sp³-hybridized carbons (Fsp3) is 0.100. The number of halogens is 7. The zero-order valence-electron chi connectivity index (χ0n) is 13.8. The fourth-order valence-corrected chi connectivity index (χ4v) is 5.60. The molecule has 0 radical (unpaired) electrons. The molecule has 0 nitrogen and oxygen atoms in total. The molecule has 0 N–H and O–H groups in total. The van der Waals surface area contributed by atoms with Crippen LogP contribution in [-0.4, -0.2) is 0 Å². The lowest BCUT2D eigenvalue weighted by Gasteiger charge is -2.06. The van der Waals surface area contributed by atoms with Gasteiger partial charge in [-0.15, -0.1) is 0 Å². The van der Waals surface area contributed by atoms with E-state index < -0.39 is 33.9 Å². The maximum absolute atomic E-state index is 13.2. The zero-order valence-corrected chi connectivity index (χ0v) is 15.4. The smallest absolute Gasteiger partial charge is 0.166 e. The first-order chi connectivity index (χ1) is 13.1. The molecule has 28 heavy (non-hydrogen) atoms. The van der Waals surface area contributed by atoms with Crippen LogP contribution in [0.15, 0.2) is 60.7 Å². The monoisotopic (exact) mass is 431 g/mol. The van der Waals surface area contributed by atoms with E-state index in [0.29, 0.717) is 14.4 Å². The van der Waals surface area contributed by atoms with Crippen LogP contribution in [0.25, 0.3) is 25.1 Å². The van der Waals surface area contributed by atoms with Crippen LogP contribution in [0.3, 0.4) is 0 Å². The van der Waals surface area contributed by atoms with E-state index in [1.807, 2.05) is 0 Å². The summed E-state index contributed by atoms with van der Waals surface area (Å²) >= 11 is 5.91. The summed E-state index contributed by atoms with van der Waals surface area (Å²) < 4.78 is 80.2. The third kappa shape index (κ3) is 3.22. The number of rotatable bonds is 1. The summed E-state index contributed by atoms with van der Waals surface area (Å²) in [6.45, 7) is 0. The number of hydrogen-bond acceptors (Lipinski definition) is 0. The van der Waals surface area contributed by atoms with Crippen molar-refractivity contribution in [1.29, 1.82) is 0 Å². The first-order valence-electron chi connectivity index (χ1n) is 7.98. The van der Waals surface area contributed by atoms with E-state index in [1.165, 1.54) is 12.1 Å². The Bertz CT molecular complexity index is 1110. The normalized spacial score (nSPS) is 12.8. The molecule has 0 saturated heterocycles. The Balaban J connectivity index is 2.11. The van der Waals surface area contributed by atoms with E-state index in [-0.39, 0.29) is 10.8 Å². The Labute approximate surface area is 162 Å². The summed E-state index contributed by atoms with van der Waals surface area (Å²) in [5.74, 6) is 0. The second-order valence-electron chi connectivity index (χ2n) is 6.18. The van der Waals surface area contributed by atoms with E-state index in [0.717, 1.165) is 29.2 Å². The fourth-order valence-electron chi connectivity index (χ4n) is 3.13. The predicted molar refractivity (Wildman–Crippen MR) is 100 cm³/mol. The molecule has 4 rings (SSSR count). The Kier molecular flexibility index (Phi) is 4.35. The topological polar surface area (TPSA) is 0 Å². The van der Waals surface area contributed by atoms with Crippen LogP contribution in [0.4, 0.5) is 26.3 Å². The highest BCUT2D eigenvalue weighted by Crippen LogP contribution is 2.50. The largest absolute Gasteiger partial charge is 0.416 e. The molecule has 0 aliphatic carbocycles. The van der Waals surface area contributed by atoms with Crippen LogP contribution in [0, 0.1) is 0 Å². The van der Waals surface area contributed by atoms with Crippen LogP contribution in [0.5, 0.6) is 0 Å².